The van der Waals surface area contributed by atoms with Gasteiger partial charge in [0.2, 0.25) is 0 Å². The predicted molar refractivity (Wildman–Crippen MR) is 73.0 cm³/mol. The molecule has 1 aromatic rings. The second-order valence-electron chi connectivity index (χ2n) is 5.33. The molecule has 1 aliphatic heterocycles. The standard InChI is InChI=1S/C14H19FN2O2/c1-8-5-6-17(9(2)7-8)11-4-3-10(15)13(16)12(11)14(18)19/h3-4,8-9H,5-7,16H2,1-2H3,(H,18,19). The van der Waals surface area contributed by atoms with Gasteiger partial charge in [0.05, 0.1) is 11.4 Å². The van der Waals surface area contributed by atoms with Crippen molar-refractivity contribution in [2.45, 2.75) is 32.7 Å². The van der Waals surface area contributed by atoms with Crippen LogP contribution in [0.3, 0.4) is 0 Å². The highest BCUT2D eigenvalue weighted by Gasteiger charge is 2.28. The van der Waals surface area contributed by atoms with E-state index in [2.05, 4.69) is 13.8 Å². The molecular weight excluding hydrogens is 247 g/mol. The molecule has 0 saturated carbocycles. The zero-order valence-electron chi connectivity index (χ0n) is 11.2. The van der Waals surface area contributed by atoms with E-state index in [0.29, 0.717) is 11.6 Å². The Morgan fingerprint density at radius 1 is 1.47 bits per heavy atom. The molecule has 104 valence electrons. The molecule has 0 aromatic heterocycles. The number of halogens is 1. The molecule has 4 nitrogen and oxygen atoms in total. The van der Waals surface area contributed by atoms with E-state index in [0.717, 1.165) is 19.4 Å². The molecule has 2 rings (SSSR count). The van der Waals surface area contributed by atoms with Gasteiger partial charge in [-0.2, -0.15) is 0 Å². The van der Waals surface area contributed by atoms with E-state index in [1.54, 1.807) is 0 Å². The Morgan fingerprint density at radius 2 is 2.16 bits per heavy atom. The van der Waals surface area contributed by atoms with Crippen molar-refractivity contribution >= 4 is 17.3 Å². The molecule has 5 heteroatoms. The zero-order chi connectivity index (χ0) is 14.2. The van der Waals surface area contributed by atoms with Crippen molar-refractivity contribution in [3.05, 3.63) is 23.5 Å². The minimum Gasteiger partial charge on any atom is -0.478 e. The highest BCUT2D eigenvalue weighted by atomic mass is 19.1. The summed E-state index contributed by atoms with van der Waals surface area (Å²) in [6.45, 7) is 5.01. The van der Waals surface area contributed by atoms with Crippen LogP contribution in [0.4, 0.5) is 15.8 Å². The average molecular weight is 266 g/mol. The first-order chi connectivity index (χ1) is 8.91. The van der Waals surface area contributed by atoms with Crippen LogP contribution in [0.5, 0.6) is 0 Å². The number of carboxylic acid groups (broad SMARTS) is 1. The van der Waals surface area contributed by atoms with Gasteiger partial charge in [-0.05, 0) is 37.8 Å². The number of hydrogen-bond donors (Lipinski definition) is 2. The van der Waals surface area contributed by atoms with Crippen LogP contribution in [0.2, 0.25) is 0 Å². The molecule has 1 fully saturated rings. The van der Waals surface area contributed by atoms with E-state index in [-0.39, 0.29) is 17.3 Å². The summed E-state index contributed by atoms with van der Waals surface area (Å²) in [5, 5.41) is 9.27. The molecule has 2 atom stereocenters. The number of nitrogens with two attached hydrogens (primary N) is 1. The molecular formula is C14H19FN2O2. The highest BCUT2D eigenvalue weighted by molar-refractivity contribution is 6.00. The van der Waals surface area contributed by atoms with Crippen LogP contribution in [0.15, 0.2) is 12.1 Å². The summed E-state index contributed by atoms with van der Waals surface area (Å²) in [4.78, 5) is 13.3. The molecule has 1 saturated heterocycles. The van der Waals surface area contributed by atoms with Gasteiger partial charge >= 0.3 is 5.97 Å². The quantitative estimate of drug-likeness (QED) is 0.808. The Morgan fingerprint density at radius 3 is 2.74 bits per heavy atom. The van der Waals surface area contributed by atoms with Crippen LogP contribution in [0, 0.1) is 11.7 Å². The molecule has 19 heavy (non-hydrogen) atoms. The Labute approximate surface area is 112 Å². The molecule has 0 aliphatic carbocycles. The summed E-state index contributed by atoms with van der Waals surface area (Å²) in [5.41, 5.74) is 5.70. The van der Waals surface area contributed by atoms with Gasteiger partial charge in [-0.3, -0.25) is 0 Å². The first-order valence-corrected chi connectivity index (χ1v) is 6.49. The lowest BCUT2D eigenvalue weighted by molar-refractivity contribution is 0.0698. The SMILES string of the molecule is CC1CCN(c2ccc(F)c(N)c2C(=O)O)C(C)C1. The summed E-state index contributed by atoms with van der Waals surface area (Å²) < 4.78 is 13.4. The molecule has 0 spiro atoms. The van der Waals surface area contributed by atoms with Crippen LogP contribution in [-0.4, -0.2) is 23.7 Å². The lowest BCUT2D eigenvalue weighted by Gasteiger charge is -2.39. The summed E-state index contributed by atoms with van der Waals surface area (Å²) >= 11 is 0. The number of nitrogen functional groups attached to an aromatic ring is 1. The van der Waals surface area contributed by atoms with E-state index in [1.165, 1.54) is 12.1 Å². The molecule has 3 N–H and O–H groups in total. The van der Waals surface area contributed by atoms with Crippen molar-refractivity contribution in [1.82, 2.24) is 0 Å². The van der Waals surface area contributed by atoms with Gasteiger partial charge in [-0.1, -0.05) is 6.92 Å². The van der Waals surface area contributed by atoms with Gasteiger partial charge in [0.15, 0.2) is 0 Å². The minimum atomic E-state index is -1.18. The van der Waals surface area contributed by atoms with Crippen molar-refractivity contribution in [2.24, 2.45) is 5.92 Å². The maximum Gasteiger partial charge on any atom is 0.340 e. The second-order valence-corrected chi connectivity index (χ2v) is 5.33. The van der Waals surface area contributed by atoms with Crippen molar-refractivity contribution in [2.75, 3.05) is 17.2 Å². The summed E-state index contributed by atoms with van der Waals surface area (Å²) in [5.74, 6) is -1.24. The third-order valence-electron chi connectivity index (χ3n) is 3.83. The smallest absolute Gasteiger partial charge is 0.340 e. The Hall–Kier alpha value is -1.78. The number of nitrogens with zero attached hydrogens (tertiary/aromatic N) is 1. The fourth-order valence-corrected chi connectivity index (χ4v) is 2.81. The van der Waals surface area contributed by atoms with Crippen LogP contribution in [0.1, 0.15) is 37.0 Å². The lowest BCUT2D eigenvalue weighted by Crippen LogP contribution is -2.41. The van der Waals surface area contributed by atoms with Gasteiger partial charge in [-0.25, -0.2) is 9.18 Å². The Bertz CT molecular complexity index is 504. The number of aromatic carboxylic acids is 1. The van der Waals surface area contributed by atoms with E-state index in [9.17, 15) is 14.3 Å². The number of carbonyl (C=O) groups is 1. The van der Waals surface area contributed by atoms with Gasteiger partial charge in [-0.15, -0.1) is 0 Å². The minimum absolute atomic E-state index is 0.124. The first-order valence-electron chi connectivity index (χ1n) is 6.49. The van der Waals surface area contributed by atoms with Gasteiger partial charge in [0.1, 0.15) is 11.4 Å². The monoisotopic (exact) mass is 266 g/mol. The fourth-order valence-electron chi connectivity index (χ4n) is 2.81. The number of rotatable bonds is 2. The summed E-state index contributed by atoms with van der Waals surface area (Å²) in [6.07, 6.45) is 2.00. The molecule has 1 aliphatic rings. The molecule has 1 aromatic carbocycles. The van der Waals surface area contributed by atoms with Crippen molar-refractivity contribution in [3.8, 4) is 0 Å². The first kappa shape index (κ1) is 13.6. The largest absolute Gasteiger partial charge is 0.478 e. The zero-order valence-corrected chi connectivity index (χ0v) is 11.2. The maximum absolute atomic E-state index is 13.4. The highest BCUT2D eigenvalue weighted by Crippen LogP contribution is 2.33. The third-order valence-corrected chi connectivity index (χ3v) is 3.83. The van der Waals surface area contributed by atoms with E-state index in [1.807, 2.05) is 4.90 Å². The predicted octanol–water partition coefficient (Wildman–Crippen LogP) is 2.73. The summed E-state index contributed by atoms with van der Waals surface area (Å²) in [6, 6.07) is 2.98. The van der Waals surface area contributed by atoms with Crippen molar-refractivity contribution in [1.29, 1.82) is 0 Å². The number of piperidine rings is 1. The molecule has 2 unspecified atom stereocenters. The number of benzene rings is 1. The number of anilines is 2. The van der Waals surface area contributed by atoms with Crippen molar-refractivity contribution in [3.63, 3.8) is 0 Å². The van der Waals surface area contributed by atoms with Crippen LogP contribution >= 0.6 is 0 Å². The maximum atomic E-state index is 13.4. The fraction of sp³-hybridized carbons (Fsp3) is 0.500. The van der Waals surface area contributed by atoms with Gasteiger partial charge in [0.25, 0.3) is 0 Å². The van der Waals surface area contributed by atoms with Crippen LogP contribution < -0.4 is 10.6 Å². The lowest BCUT2D eigenvalue weighted by atomic mass is 9.92. The molecule has 0 bridgehead atoms. The van der Waals surface area contributed by atoms with Crippen molar-refractivity contribution < 1.29 is 14.3 Å². The Kier molecular flexibility index (Phi) is 3.64. The second kappa shape index (κ2) is 5.07. The van der Waals surface area contributed by atoms with E-state index < -0.39 is 11.8 Å². The van der Waals surface area contributed by atoms with Gasteiger partial charge in [0, 0.05) is 12.6 Å². The van der Waals surface area contributed by atoms with Crippen LogP contribution in [-0.2, 0) is 0 Å². The topological polar surface area (TPSA) is 66.6 Å². The molecule has 0 amide bonds. The third kappa shape index (κ3) is 2.50. The molecule has 1 heterocycles. The summed E-state index contributed by atoms with van der Waals surface area (Å²) in [7, 11) is 0. The van der Waals surface area contributed by atoms with E-state index >= 15 is 0 Å². The van der Waals surface area contributed by atoms with Gasteiger partial charge < -0.3 is 15.7 Å². The van der Waals surface area contributed by atoms with E-state index in [4.69, 9.17) is 5.73 Å². The normalized spacial score (nSPS) is 23.4. The van der Waals surface area contributed by atoms with Crippen LogP contribution in [0.25, 0.3) is 0 Å². The average Bonchev–Trinajstić information content (AvgIpc) is 2.32. The Balaban J connectivity index is 2.45. The molecule has 0 radical (unpaired) electrons. The number of hydrogen-bond acceptors (Lipinski definition) is 3. The number of carboxylic acids is 1.